The molecule has 2 atom stereocenters. The van der Waals surface area contributed by atoms with Crippen molar-refractivity contribution < 1.29 is 15.0 Å². The van der Waals surface area contributed by atoms with Crippen LogP contribution in [0.25, 0.3) is 0 Å². The third-order valence-corrected chi connectivity index (χ3v) is 4.28. The molecule has 5 N–H and O–H groups in total. The summed E-state index contributed by atoms with van der Waals surface area (Å²) in [6.07, 6.45) is 2.34. The number of aliphatic hydroxyl groups excluding tert-OH is 1. The van der Waals surface area contributed by atoms with E-state index in [4.69, 9.17) is 5.73 Å². The van der Waals surface area contributed by atoms with Crippen molar-refractivity contribution in [1.29, 1.82) is 0 Å². The maximum atomic E-state index is 11.3. The maximum Gasteiger partial charge on any atom is 0.252 e. The number of nitrogens with one attached hydrogen (secondary N) is 1. The second-order valence-electron chi connectivity index (χ2n) is 6.34. The lowest BCUT2D eigenvalue weighted by Gasteiger charge is -2.18. The number of aryl methyl sites for hydroxylation is 1. The Kier molecular flexibility index (Phi) is 6.98. The number of rotatable bonds is 9. The van der Waals surface area contributed by atoms with Gasteiger partial charge in [-0.25, -0.2) is 0 Å². The lowest BCUT2D eigenvalue weighted by Crippen LogP contribution is -2.30. The maximum absolute atomic E-state index is 11.3. The minimum atomic E-state index is -0.768. The van der Waals surface area contributed by atoms with Crippen LogP contribution in [0.15, 0.2) is 48.5 Å². The van der Waals surface area contributed by atoms with E-state index < -0.39 is 12.0 Å². The fraction of sp³-hybridized carbons (Fsp3) is 0.350. The summed E-state index contributed by atoms with van der Waals surface area (Å²) >= 11 is 0. The van der Waals surface area contributed by atoms with Crippen molar-refractivity contribution in [2.24, 2.45) is 5.73 Å². The van der Waals surface area contributed by atoms with E-state index in [-0.39, 0.29) is 17.4 Å². The van der Waals surface area contributed by atoms with Gasteiger partial charge in [0.15, 0.2) is 0 Å². The highest BCUT2D eigenvalue weighted by Crippen LogP contribution is 2.22. The molecule has 0 unspecified atom stereocenters. The summed E-state index contributed by atoms with van der Waals surface area (Å²) < 4.78 is 0. The molecule has 0 bridgehead atoms. The van der Waals surface area contributed by atoms with E-state index in [1.165, 1.54) is 17.7 Å². The number of primary amides is 1. The van der Waals surface area contributed by atoms with Gasteiger partial charge in [-0.05, 0) is 49.4 Å². The van der Waals surface area contributed by atoms with Crippen molar-refractivity contribution in [1.82, 2.24) is 5.32 Å². The van der Waals surface area contributed by atoms with E-state index in [2.05, 4.69) is 24.4 Å². The van der Waals surface area contributed by atoms with Gasteiger partial charge < -0.3 is 21.3 Å². The summed E-state index contributed by atoms with van der Waals surface area (Å²) in [5.41, 5.74) is 7.12. The zero-order valence-corrected chi connectivity index (χ0v) is 14.5. The second kappa shape index (κ2) is 9.20. The molecule has 5 nitrogen and oxygen atoms in total. The van der Waals surface area contributed by atoms with E-state index in [0.717, 1.165) is 19.3 Å². The highest BCUT2D eigenvalue weighted by molar-refractivity contribution is 5.95. The molecule has 0 fully saturated rings. The quantitative estimate of drug-likeness (QED) is 0.563. The number of hydrogen-bond acceptors (Lipinski definition) is 4. The fourth-order valence-electron chi connectivity index (χ4n) is 2.75. The van der Waals surface area contributed by atoms with Crippen LogP contribution in [-0.2, 0) is 6.42 Å². The summed E-state index contributed by atoms with van der Waals surface area (Å²) in [4.78, 5) is 11.3. The van der Waals surface area contributed by atoms with Gasteiger partial charge in [0.1, 0.15) is 5.75 Å². The minimum absolute atomic E-state index is 0.0208. The molecular weight excluding hydrogens is 316 g/mol. The van der Waals surface area contributed by atoms with Crippen LogP contribution in [-0.4, -0.2) is 28.7 Å². The van der Waals surface area contributed by atoms with Gasteiger partial charge in [0.25, 0.3) is 5.91 Å². The van der Waals surface area contributed by atoms with Gasteiger partial charge in [0.05, 0.1) is 11.7 Å². The lowest BCUT2D eigenvalue weighted by molar-refractivity contribution is 0.0997. The minimum Gasteiger partial charge on any atom is -0.507 e. The zero-order chi connectivity index (χ0) is 18.2. The third kappa shape index (κ3) is 5.89. The first kappa shape index (κ1) is 19.0. The molecule has 0 saturated carbocycles. The third-order valence-electron chi connectivity index (χ3n) is 4.28. The molecule has 0 aromatic heterocycles. The molecule has 2 aromatic carbocycles. The van der Waals surface area contributed by atoms with E-state index in [1.54, 1.807) is 6.07 Å². The van der Waals surface area contributed by atoms with Crippen LogP contribution in [0.5, 0.6) is 5.75 Å². The summed E-state index contributed by atoms with van der Waals surface area (Å²) in [5.74, 6) is -0.889. The smallest absolute Gasteiger partial charge is 0.252 e. The molecule has 5 heteroatoms. The molecule has 0 aliphatic carbocycles. The Bertz CT molecular complexity index is 689. The molecule has 0 aliphatic heterocycles. The standard InChI is InChI=1S/C20H26N2O3/c1-14(6-5-9-15-7-3-2-4-8-15)22-13-19(24)16-10-11-18(23)17(12-16)20(21)25/h2-4,7-8,10-12,14,19,22-24H,5-6,9,13H2,1H3,(H2,21,25)/t14-,19+/m1/s1. The summed E-state index contributed by atoms with van der Waals surface area (Å²) in [6.45, 7) is 2.46. The van der Waals surface area contributed by atoms with Crippen LogP contribution in [0.1, 0.15) is 47.4 Å². The number of carbonyl (C=O) groups is 1. The van der Waals surface area contributed by atoms with E-state index in [9.17, 15) is 15.0 Å². The number of carbonyl (C=O) groups excluding carboxylic acids is 1. The molecule has 0 spiro atoms. The molecule has 2 rings (SSSR count). The molecular formula is C20H26N2O3. The summed E-state index contributed by atoms with van der Waals surface area (Å²) in [5, 5.41) is 23.2. The van der Waals surface area contributed by atoms with Gasteiger partial charge in [0.2, 0.25) is 0 Å². The molecule has 25 heavy (non-hydrogen) atoms. The second-order valence-corrected chi connectivity index (χ2v) is 6.34. The average Bonchev–Trinajstić information content (AvgIpc) is 2.60. The van der Waals surface area contributed by atoms with Gasteiger partial charge in [-0.1, -0.05) is 36.4 Å². The van der Waals surface area contributed by atoms with E-state index in [1.807, 2.05) is 18.2 Å². The number of aliphatic hydroxyl groups is 1. The number of amides is 1. The Labute approximate surface area is 148 Å². The average molecular weight is 342 g/mol. The predicted octanol–water partition coefficient (Wildman–Crippen LogP) is 2.53. The zero-order valence-electron chi connectivity index (χ0n) is 14.5. The van der Waals surface area contributed by atoms with Crippen molar-refractivity contribution in [3.63, 3.8) is 0 Å². The van der Waals surface area contributed by atoms with E-state index >= 15 is 0 Å². The van der Waals surface area contributed by atoms with Crippen molar-refractivity contribution in [3.05, 3.63) is 65.2 Å². The van der Waals surface area contributed by atoms with Crippen LogP contribution in [0, 0.1) is 0 Å². The van der Waals surface area contributed by atoms with Crippen LogP contribution >= 0.6 is 0 Å². The Morgan fingerprint density at radius 2 is 1.92 bits per heavy atom. The SMILES string of the molecule is C[C@H](CCCc1ccccc1)NC[C@H](O)c1ccc(O)c(C(N)=O)c1. The van der Waals surface area contributed by atoms with Crippen LogP contribution < -0.4 is 11.1 Å². The van der Waals surface area contributed by atoms with Crippen LogP contribution in [0.3, 0.4) is 0 Å². The van der Waals surface area contributed by atoms with Crippen LogP contribution in [0.4, 0.5) is 0 Å². The van der Waals surface area contributed by atoms with Crippen molar-refractivity contribution >= 4 is 5.91 Å². The number of aromatic hydroxyl groups is 1. The van der Waals surface area contributed by atoms with Crippen molar-refractivity contribution in [2.75, 3.05) is 6.54 Å². The number of benzene rings is 2. The van der Waals surface area contributed by atoms with Gasteiger partial charge in [0, 0.05) is 12.6 Å². The van der Waals surface area contributed by atoms with Crippen molar-refractivity contribution in [3.8, 4) is 5.75 Å². The Hall–Kier alpha value is -2.37. The van der Waals surface area contributed by atoms with Gasteiger partial charge in [-0.3, -0.25) is 4.79 Å². The molecule has 0 aliphatic rings. The number of phenols is 1. The normalized spacial score (nSPS) is 13.4. The number of hydrogen-bond donors (Lipinski definition) is 4. The lowest BCUT2D eigenvalue weighted by atomic mass is 10.0. The Balaban J connectivity index is 1.78. The van der Waals surface area contributed by atoms with Gasteiger partial charge in [-0.15, -0.1) is 0 Å². The largest absolute Gasteiger partial charge is 0.507 e. The predicted molar refractivity (Wildman–Crippen MR) is 98.4 cm³/mol. The van der Waals surface area contributed by atoms with Gasteiger partial charge >= 0.3 is 0 Å². The highest BCUT2D eigenvalue weighted by atomic mass is 16.3. The topological polar surface area (TPSA) is 95.6 Å². The highest BCUT2D eigenvalue weighted by Gasteiger charge is 2.14. The monoisotopic (exact) mass is 342 g/mol. The molecule has 134 valence electrons. The molecule has 0 radical (unpaired) electrons. The molecule has 2 aromatic rings. The van der Waals surface area contributed by atoms with Gasteiger partial charge in [-0.2, -0.15) is 0 Å². The molecule has 0 saturated heterocycles. The van der Waals surface area contributed by atoms with Crippen molar-refractivity contribution in [2.45, 2.75) is 38.3 Å². The Morgan fingerprint density at radius 3 is 2.60 bits per heavy atom. The first-order valence-corrected chi connectivity index (χ1v) is 8.55. The molecule has 0 heterocycles. The summed E-state index contributed by atoms with van der Waals surface area (Å²) in [7, 11) is 0. The first-order valence-electron chi connectivity index (χ1n) is 8.55. The van der Waals surface area contributed by atoms with E-state index in [0.29, 0.717) is 12.1 Å². The first-order chi connectivity index (χ1) is 12.0. The molecule has 1 amide bonds. The fourth-order valence-corrected chi connectivity index (χ4v) is 2.75. The number of nitrogens with two attached hydrogens (primary N) is 1. The summed E-state index contributed by atoms with van der Waals surface area (Å²) in [6, 6.07) is 15.0. The van der Waals surface area contributed by atoms with Crippen LogP contribution in [0.2, 0.25) is 0 Å². The Morgan fingerprint density at radius 1 is 1.20 bits per heavy atom.